The molecule has 0 radical (unpaired) electrons. The van der Waals surface area contributed by atoms with Gasteiger partial charge in [0.25, 0.3) is 0 Å². The summed E-state index contributed by atoms with van der Waals surface area (Å²) < 4.78 is 11.5. The van der Waals surface area contributed by atoms with Gasteiger partial charge in [-0.1, -0.05) is 24.8 Å². The number of hydrogen-bond acceptors (Lipinski definition) is 5. The summed E-state index contributed by atoms with van der Waals surface area (Å²) in [6.45, 7) is 11.8. The van der Waals surface area contributed by atoms with Crippen molar-refractivity contribution in [2.24, 2.45) is 5.73 Å². The van der Waals surface area contributed by atoms with Gasteiger partial charge in [0.2, 0.25) is 0 Å². The molecule has 3 aliphatic rings. The maximum absolute atomic E-state index is 5.92. The van der Waals surface area contributed by atoms with Crippen LogP contribution in [0.2, 0.25) is 0 Å². The van der Waals surface area contributed by atoms with E-state index in [-0.39, 0.29) is 1.43 Å². The van der Waals surface area contributed by atoms with Crippen LogP contribution in [0.4, 0.5) is 5.69 Å². The molecule has 0 aromatic heterocycles. The number of para-hydroxylation sites is 1. The van der Waals surface area contributed by atoms with Gasteiger partial charge in [-0.05, 0) is 42.7 Å². The van der Waals surface area contributed by atoms with Crippen molar-refractivity contribution < 1.29 is 10.9 Å². The highest BCUT2D eigenvalue weighted by atomic mass is 16.5. The summed E-state index contributed by atoms with van der Waals surface area (Å²) in [5, 5.41) is 0. The maximum atomic E-state index is 5.92. The summed E-state index contributed by atoms with van der Waals surface area (Å²) in [6, 6.07) is 8.48. The second kappa shape index (κ2) is 7.27. The Morgan fingerprint density at radius 2 is 1.85 bits per heavy atom. The Hall–Kier alpha value is -2.08. The summed E-state index contributed by atoms with van der Waals surface area (Å²) in [7, 11) is 0. The fourth-order valence-corrected chi connectivity index (χ4v) is 4.09. The molecule has 0 atom stereocenters. The summed E-state index contributed by atoms with van der Waals surface area (Å²) >= 11 is 0. The summed E-state index contributed by atoms with van der Waals surface area (Å²) in [5.74, 6) is 1.21. The molecule has 3 aliphatic heterocycles. The highest BCUT2D eigenvalue weighted by Crippen LogP contribution is 2.43. The molecule has 0 bridgehead atoms. The number of fused-ring (bicyclic) bond motifs is 1. The number of nitrogens with two attached hydrogens (primary N) is 1. The lowest BCUT2D eigenvalue weighted by Gasteiger charge is -2.43. The Bertz CT molecular complexity index is 781. The van der Waals surface area contributed by atoms with Crippen LogP contribution in [0.3, 0.4) is 0 Å². The molecule has 2 N–H and O–H groups in total. The van der Waals surface area contributed by atoms with E-state index in [0.29, 0.717) is 19.8 Å². The van der Waals surface area contributed by atoms with Gasteiger partial charge in [0.15, 0.2) is 0 Å². The molecule has 1 aromatic carbocycles. The molecule has 26 heavy (non-hydrogen) atoms. The average molecular weight is 355 g/mol. The number of allylic oxidation sites excluding steroid dienone is 1. The van der Waals surface area contributed by atoms with E-state index >= 15 is 0 Å². The van der Waals surface area contributed by atoms with Gasteiger partial charge in [-0.3, -0.25) is 4.90 Å². The quantitative estimate of drug-likeness (QED) is 0.900. The lowest BCUT2D eigenvalue weighted by atomic mass is 9.92. The van der Waals surface area contributed by atoms with Crippen LogP contribution in [0.5, 0.6) is 0 Å². The van der Waals surface area contributed by atoms with Crippen LogP contribution in [0.1, 0.15) is 13.4 Å². The highest BCUT2D eigenvalue weighted by Gasteiger charge is 2.36. The predicted molar refractivity (Wildman–Crippen MR) is 106 cm³/mol. The molecule has 2 fully saturated rings. The van der Waals surface area contributed by atoms with Gasteiger partial charge in [-0.25, -0.2) is 0 Å². The smallest absolute Gasteiger partial charge is 0.119 e. The van der Waals surface area contributed by atoms with Gasteiger partial charge < -0.3 is 20.1 Å². The third-order valence-corrected chi connectivity index (χ3v) is 5.38. The van der Waals surface area contributed by atoms with Crippen molar-refractivity contribution in [2.45, 2.75) is 13.3 Å². The molecule has 140 valence electrons. The summed E-state index contributed by atoms with van der Waals surface area (Å²) in [4.78, 5) is 4.74. The fraction of sp³-hybridized carbons (Fsp3) is 0.429. The Balaban J connectivity index is 0.00000210. The van der Waals surface area contributed by atoms with E-state index in [9.17, 15) is 0 Å². The zero-order valence-corrected chi connectivity index (χ0v) is 15.5. The van der Waals surface area contributed by atoms with Crippen LogP contribution >= 0.6 is 0 Å². The minimum absolute atomic E-state index is 0. The van der Waals surface area contributed by atoms with Gasteiger partial charge in [0.05, 0.1) is 32.1 Å². The van der Waals surface area contributed by atoms with Crippen LogP contribution in [0.25, 0.3) is 0 Å². The van der Waals surface area contributed by atoms with Gasteiger partial charge in [0, 0.05) is 25.8 Å². The van der Waals surface area contributed by atoms with Gasteiger partial charge in [0.1, 0.15) is 5.82 Å². The maximum Gasteiger partial charge on any atom is 0.119 e. The first-order valence-electron chi connectivity index (χ1n) is 9.33. The molecule has 0 saturated carbocycles. The molecule has 5 heteroatoms. The van der Waals surface area contributed by atoms with Crippen LogP contribution in [-0.2, 0) is 9.47 Å². The number of benzene rings is 1. The van der Waals surface area contributed by atoms with E-state index in [0.717, 1.165) is 38.4 Å². The van der Waals surface area contributed by atoms with Crippen LogP contribution in [0, 0.1) is 6.92 Å². The van der Waals surface area contributed by atoms with Crippen LogP contribution in [-0.4, -0.2) is 51.0 Å². The predicted octanol–water partition coefficient (Wildman–Crippen LogP) is 2.79. The highest BCUT2D eigenvalue weighted by molar-refractivity contribution is 5.71. The molecule has 0 aliphatic carbocycles. The van der Waals surface area contributed by atoms with Crippen molar-refractivity contribution in [1.29, 1.82) is 0 Å². The topological polar surface area (TPSA) is 51.0 Å². The molecule has 5 nitrogen and oxygen atoms in total. The Kier molecular flexibility index (Phi) is 4.85. The Labute approximate surface area is 156 Å². The molecule has 1 aromatic rings. The zero-order chi connectivity index (χ0) is 18.1. The van der Waals surface area contributed by atoms with Crippen LogP contribution < -0.4 is 10.6 Å². The Morgan fingerprint density at radius 3 is 2.58 bits per heavy atom. The van der Waals surface area contributed by atoms with Crippen molar-refractivity contribution in [3.8, 4) is 0 Å². The SMILES string of the molecule is C=C1C(CCN)=C2COCC2=C(N2CCOCC2)N1c1ccccc1C.[HH]. The van der Waals surface area contributed by atoms with Crippen molar-refractivity contribution in [1.82, 2.24) is 4.90 Å². The first-order valence-corrected chi connectivity index (χ1v) is 9.33. The standard InChI is InChI=1S/C21H27N3O2.H2/c1-15-5-3-4-6-20(15)24-16(2)17(7-8-22)18-13-26-14-19(18)21(24)23-9-11-25-12-10-23;/h3-6H,2,7-14,22H2,1H3;1H. The molecular formula is C21H29N3O2. The molecule has 0 unspecified atom stereocenters. The van der Waals surface area contributed by atoms with Crippen molar-refractivity contribution >= 4 is 5.69 Å². The van der Waals surface area contributed by atoms with E-state index in [4.69, 9.17) is 15.2 Å². The minimum atomic E-state index is 0. The number of morpholine rings is 1. The number of nitrogens with zero attached hydrogens (tertiary/aromatic N) is 2. The molecule has 3 heterocycles. The second-order valence-electron chi connectivity index (χ2n) is 6.96. The first kappa shape index (κ1) is 17.3. The first-order chi connectivity index (χ1) is 12.7. The molecule has 4 rings (SSSR count). The molecular weight excluding hydrogens is 326 g/mol. The third kappa shape index (κ3) is 2.86. The van der Waals surface area contributed by atoms with E-state index in [1.165, 1.54) is 33.8 Å². The van der Waals surface area contributed by atoms with E-state index in [2.05, 4.69) is 47.6 Å². The number of aryl methyl sites for hydroxylation is 1. The lowest BCUT2D eigenvalue weighted by Crippen LogP contribution is -2.44. The number of hydrogen-bond donors (Lipinski definition) is 1. The average Bonchev–Trinajstić information content (AvgIpc) is 3.14. The van der Waals surface area contributed by atoms with Gasteiger partial charge >= 0.3 is 0 Å². The van der Waals surface area contributed by atoms with Crippen molar-refractivity contribution in [3.05, 3.63) is 64.6 Å². The van der Waals surface area contributed by atoms with Gasteiger partial charge in [-0.2, -0.15) is 0 Å². The van der Waals surface area contributed by atoms with E-state index < -0.39 is 0 Å². The lowest BCUT2D eigenvalue weighted by molar-refractivity contribution is 0.0520. The van der Waals surface area contributed by atoms with Crippen molar-refractivity contribution in [2.75, 3.05) is 51.0 Å². The minimum Gasteiger partial charge on any atom is -0.378 e. The normalized spacial score (nSPS) is 20.9. The van der Waals surface area contributed by atoms with Crippen LogP contribution in [0.15, 0.2) is 59.1 Å². The monoisotopic (exact) mass is 355 g/mol. The molecule has 0 spiro atoms. The number of rotatable bonds is 4. The number of anilines is 1. The molecule has 0 amide bonds. The van der Waals surface area contributed by atoms with Crippen molar-refractivity contribution in [3.63, 3.8) is 0 Å². The van der Waals surface area contributed by atoms with Gasteiger partial charge in [-0.15, -0.1) is 0 Å². The second-order valence-corrected chi connectivity index (χ2v) is 6.96. The number of ether oxygens (including phenoxy) is 2. The molecule has 2 saturated heterocycles. The third-order valence-electron chi connectivity index (χ3n) is 5.38. The van der Waals surface area contributed by atoms with E-state index in [1.807, 2.05) is 0 Å². The largest absolute Gasteiger partial charge is 0.378 e. The summed E-state index contributed by atoms with van der Waals surface area (Å²) in [6.07, 6.45) is 0.819. The fourth-order valence-electron chi connectivity index (χ4n) is 4.09. The van der Waals surface area contributed by atoms with E-state index in [1.54, 1.807) is 0 Å². The Morgan fingerprint density at radius 1 is 1.12 bits per heavy atom. The summed E-state index contributed by atoms with van der Waals surface area (Å²) in [5.41, 5.74) is 13.1. The zero-order valence-electron chi connectivity index (χ0n) is 15.5.